The van der Waals surface area contributed by atoms with Gasteiger partial charge in [-0.2, -0.15) is 0 Å². The van der Waals surface area contributed by atoms with Gasteiger partial charge in [0.2, 0.25) is 41.4 Å². The van der Waals surface area contributed by atoms with Crippen molar-refractivity contribution in [2.45, 2.75) is 302 Å². The summed E-state index contributed by atoms with van der Waals surface area (Å²) in [5.41, 5.74) is 0.200. The zero-order chi connectivity index (χ0) is 96.7. The van der Waals surface area contributed by atoms with Gasteiger partial charge in [-0.05, 0) is 44.6 Å². The topological polar surface area (TPSA) is 588 Å². The molecule has 0 aromatic carbocycles. The zero-order valence-electron chi connectivity index (χ0n) is 76.9. The summed E-state index contributed by atoms with van der Waals surface area (Å²) in [5.74, 6) is -10.8. The zero-order valence-corrected chi connectivity index (χ0v) is 76.9. The minimum Gasteiger partial charge on any atom is -0.481 e. The largest absolute Gasteiger partial charge is 0.481 e. The first-order chi connectivity index (χ1) is 62.4. The molecule has 4 aliphatic rings. The lowest BCUT2D eigenvalue weighted by atomic mass is 9.91. The number of rotatable bonds is 64. The van der Waals surface area contributed by atoms with E-state index in [1.165, 1.54) is 41.5 Å². The molecule has 3 heterocycles. The third kappa shape index (κ3) is 48.0. The van der Waals surface area contributed by atoms with E-state index in [9.17, 15) is 81.5 Å². The van der Waals surface area contributed by atoms with Crippen LogP contribution in [0.5, 0.6) is 0 Å². The monoisotopic (exact) mass is 1880 g/mol. The number of ether oxygens (including phenoxy) is 21. The quantitative estimate of drug-likeness (QED) is 0.0231. The van der Waals surface area contributed by atoms with E-state index in [0.29, 0.717) is 77.0 Å². The number of carbonyl (C=O) groups is 17. The second-order valence-electron chi connectivity index (χ2n) is 31.0. The summed E-state index contributed by atoms with van der Waals surface area (Å²) in [6.45, 7) is 14.0. The minimum absolute atomic E-state index is 0.0318. The van der Waals surface area contributed by atoms with E-state index in [0.717, 1.165) is 41.5 Å². The summed E-state index contributed by atoms with van der Waals surface area (Å²) in [4.78, 5) is 212. The van der Waals surface area contributed by atoms with Crippen molar-refractivity contribution in [3.05, 3.63) is 11.6 Å². The molecule has 1 aliphatic carbocycles. The highest BCUT2D eigenvalue weighted by Gasteiger charge is 2.55. The van der Waals surface area contributed by atoms with E-state index >= 15 is 0 Å². The van der Waals surface area contributed by atoms with Crippen molar-refractivity contribution in [1.82, 2.24) is 37.2 Å². The molecular weight excluding hydrogens is 1740 g/mol. The second kappa shape index (κ2) is 64.2. The normalized spacial score (nSPS) is 23.9. The Hall–Kier alpha value is -9.75. The number of hydrogen-bond acceptors (Lipinski definition) is 38. The van der Waals surface area contributed by atoms with Crippen LogP contribution in [-0.4, -0.2) is 342 Å². The number of carboxylic acid groups (broad SMARTS) is 1. The van der Waals surface area contributed by atoms with E-state index in [-0.39, 0.29) is 161 Å². The Morgan fingerprint density at radius 1 is 0.313 bits per heavy atom. The molecule has 0 aromatic rings. The molecular formula is C85H135N7O39. The third-order valence-electron chi connectivity index (χ3n) is 19.7. The van der Waals surface area contributed by atoms with E-state index < -0.39 is 213 Å². The highest BCUT2D eigenvalue weighted by molar-refractivity contribution is 5.94. The number of carbonyl (C=O) groups excluding carboxylic acids is 16. The second-order valence-corrected chi connectivity index (χ2v) is 31.0. The number of nitrogens with one attached hydrogen (secondary N) is 7. The Morgan fingerprint density at radius 2 is 0.626 bits per heavy atom. The Kier molecular flexibility index (Phi) is 55.6. The number of aliphatic carboxylic acids is 1. The molecule has 744 valence electrons. The average molecular weight is 1880 g/mol. The van der Waals surface area contributed by atoms with Crippen LogP contribution in [0.25, 0.3) is 0 Å². The molecule has 0 saturated carbocycles. The third-order valence-corrected chi connectivity index (χ3v) is 19.7. The summed E-state index contributed by atoms with van der Waals surface area (Å²) >= 11 is 0. The molecule has 46 nitrogen and oxygen atoms in total. The maximum atomic E-state index is 14.1. The van der Waals surface area contributed by atoms with Gasteiger partial charge in [0.1, 0.15) is 68.5 Å². The maximum Gasteiger partial charge on any atom is 0.305 e. The van der Waals surface area contributed by atoms with Gasteiger partial charge in [0, 0.05) is 160 Å². The molecule has 4 rings (SSSR count). The SMILES string of the molecule is CC(=O)N[C@H]1[C@H](OCCCCCCNC(=O)CCO[C@@H]2[C@H](OCCC(=O)NCCCCCCO[C@@H]3O[C@H](COC(C)=O)[C@H](OC(C)=O)[C@H](OC(C)=O)[C@H]3NC(C)=O)C=C(C(=O)NCCOCCOCCOCCC(=O)O)C[C@H]2OCCC(=O)NCCCCCCO[C@@H]2O[C@H](COC(C)=O)[C@H](OC(C)=O)[C@H](OC(C)=O)[C@H]2NC(C)=O)O[C@H](COC(C)=O)[C@H](OC(C)=O)[C@@H]1OC(C)=O. The van der Waals surface area contributed by atoms with Gasteiger partial charge in [-0.25, -0.2) is 0 Å². The van der Waals surface area contributed by atoms with Crippen molar-refractivity contribution in [2.75, 3.05) is 125 Å². The highest BCUT2D eigenvalue weighted by Crippen LogP contribution is 2.33. The fourth-order valence-electron chi connectivity index (χ4n) is 14.1. The molecule has 18 atom stereocenters. The van der Waals surface area contributed by atoms with Crippen LogP contribution in [0.3, 0.4) is 0 Å². The van der Waals surface area contributed by atoms with Crippen molar-refractivity contribution < 1.29 is 186 Å². The van der Waals surface area contributed by atoms with Crippen LogP contribution in [0.2, 0.25) is 0 Å². The molecule has 3 fully saturated rings. The van der Waals surface area contributed by atoms with E-state index in [4.69, 9.17) is 105 Å². The molecule has 131 heavy (non-hydrogen) atoms. The predicted octanol–water partition coefficient (Wildman–Crippen LogP) is 0.331. The van der Waals surface area contributed by atoms with Crippen LogP contribution in [0.4, 0.5) is 0 Å². The van der Waals surface area contributed by atoms with Crippen LogP contribution in [0.15, 0.2) is 11.6 Å². The fraction of sp³-hybridized carbons (Fsp3) is 0.776. The lowest BCUT2D eigenvalue weighted by Crippen LogP contribution is -2.66. The first kappa shape index (κ1) is 114. The van der Waals surface area contributed by atoms with E-state index in [1.807, 2.05) is 0 Å². The molecule has 3 aliphatic heterocycles. The molecule has 0 bridgehead atoms. The molecule has 0 radical (unpaired) electrons. The highest BCUT2D eigenvalue weighted by atomic mass is 16.7. The predicted molar refractivity (Wildman–Crippen MR) is 448 cm³/mol. The first-order valence-corrected chi connectivity index (χ1v) is 44.1. The number of amides is 7. The van der Waals surface area contributed by atoms with Gasteiger partial charge >= 0.3 is 59.7 Å². The lowest BCUT2D eigenvalue weighted by Gasteiger charge is -2.44. The van der Waals surface area contributed by atoms with Gasteiger partial charge in [-0.3, -0.25) is 81.5 Å². The lowest BCUT2D eigenvalue weighted by molar-refractivity contribution is -0.277. The number of carboxylic acids is 1. The van der Waals surface area contributed by atoms with Gasteiger partial charge in [0.05, 0.1) is 72.0 Å². The molecule has 7 amide bonds. The molecule has 0 aromatic heterocycles. The minimum atomic E-state index is -1.30. The van der Waals surface area contributed by atoms with Crippen molar-refractivity contribution in [1.29, 1.82) is 0 Å². The van der Waals surface area contributed by atoms with Crippen LogP contribution in [0.1, 0.15) is 192 Å². The Bertz CT molecular complexity index is 3650. The van der Waals surface area contributed by atoms with Gasteiger partial charge in [0.25, 0.3) is 0 Å². The molecule has 3 saturated heterocycles. The molecule has 0 unspecified atom stereocenters. The summed E-state index contributed by atoms with van der Waals surface area (Å²) < 4.78 is 121. The van der Waals surface area contributed by atoms with Crippen LogP contribution in [0, 0.1) is 0 Å². The average Bonchev–Trinajstić information content (AvgIpc) is 0.788. The maximum absolute atomic E-state index is 14.1. The van der Waals surface area contributed by atoms with E-state index in [1.54, 1.807) is 6.08 Å². The van der Waals surface area contributed by atoms with Crippen molar-refractivity contribution in [3.8, 4) is 0 Å². The number of unbranched alkanes of at least 4 members (excludes halogenated alkanes) is 9. The Balaban J connectivity index is 1.45. The molecule has 0 spiro atoms. The summed E-state index contributed by atoms with van der Waals surface area (Å²) in [7, 11) is 0. The molecule has 46 heteroatoms. The van der Waals surface area contributed by atoms with Crippen molar-refractivity contribution >= 4 is 101 Å². The number of esters is 9. The van der Waals surface area contributed by atoms with Crippen LogP contribution >= 0.6 is 0 Å². The number of hydrogen-bond donors (Lipinski definition) is 8. The summed E-state index contributed by atoms with van der Waals surface area (Å²) in [6.07, 6.45) is -10.7. The molecule has 8 N–H and O–H groups in total. The van der Waals surface area contributed by atoms with Crippen molar-refractivity contribution in [3.63, 3.8) is 0 Å². The van der Waals surface area contributed by atoms with Gasteiger partial charge in [-0.1, -0.05) is 38.5 Å². The summed E-state index contributed by atoms with van der Waals surface area (Å²) in [6, 6.07) is -3.45. The fourth-order valence-corrected chi connectivity index (χ4v) is 14.1. The van der Waals surface area contributed by atoms with Gasteiger partial charge < -0.3 is 142 Å². The Labute approximate surface area is 760 Å². The first-order valence-electron chi connectivity index (χ1n) is 44.1. The van der Waals surface area contributed by atoms with Crippen molar-refractivity contribution in [2.24, 2.45) is 0 Å². The van der Waals surface area contributed by atoms with Crippen LogP contribution in [-0.2, 0) is 181 Å². The smallest absolute Gasteiger partial charge is 0.305 e. The van der Waals surface area contributed by atoms with Gasteiger partial charge in [0.15, 0.2) is 55.5 Å². The van der Waals surface area contributed by atoms with Crippen LogP contribution < -0.4 is 37.2 Å². The van der Waals surface area contributed by atoms with Gasteiger partial charge in [-0.15, -0.1) is 0 Å². The van der Waals surface area contributed by atoms with E-state index in [2.05, 4.69) is 37.2 Å². The standard InChI is InChI=1S/C85H135N7O39/c1-50(93)90-72-79(126-59(10)102)76(123-56(7)99)65(47-120-53(4)96)129-83(72)117-33-22-16-13-19-29-86-68(105)25-37-114-63-45-62(82(110)89-32-40-112-42-44-113-43-41-111-36-28-71(108)109)46-64(115-38-26-69(106)87-30-20-14-17-23-34-118-84-73(91-51(2)94)80(127-60(11)103)77(124-57(8)100)66(130-84)48-121-54(5)97)75(63)116-39-27-70(107)88-31-21-15-18-24-35-119-85-74(92-52(3)95)81(128-61(12)104)78(125-58(9)101)67(131-85)49-122-55(6)98/h45,63-67,72-81,83-85H,13-44,46-49H2,1-12H3,(H,86,105)(H,87,106)(H,88,107)(H,89,110)(H,90,93)(H,91,94)(H,92,95)(H,108,109)/t63-,64-,65-,66-,67-,72-,73-,74-,75-,76+,77+,78+,79-,80-,81-,83-,84-,85-/m1/s1. The summed E-state index contributed by atoms with van der Waals surface area (Å²) in [5, 5.41) is 28.3. The Morgan fingerprint density at radius 3 is 0.954 bits per heavy atom.